The third-order valence-electron chi connectivity index (χ3n) is 1.51. The Hall–Kier alpha value is -2.75. The zero-order valence-corrected chi connectivity index (χ0v) is 8.22. The summed E-state index contributed by atoms with van der Waals surface area (Å²) < 4.78 is 0. The van der Waals surface area contributed by atoms with Crippen LogP contribution in [0.1, 0.15) is 0 Å². The van der Waals surface area contributed by atoms with E-state index in [2.05, 4.69) is 17.1 Å². The van der Waals surface area contributed by atoms with Crippen molar-refractivity contribution in [3.05, 3.63) is 69.0 Å². The largest absolute Gasteiger partial charge is 0.373 e. The van der Waals surface area contributed by atoms with Crippen LogP contribution in [-0.4, -0.2) is 4.98 Å². The SMILES string of the molecule is [N-]=[N+]=N.[N-]=[N+]=[N-].c1ccc2ncccc2c1. The summed E-state index contributed by atoms with van der Waals surface area (Å²) in [5.41, 5.74) is 26.8. The second-order valence-corrected chi connectivity index (χ2v) is 2.39. The van der Waals surface area contributed by atoms with Crippen LogP contribution in [0, 0.1) is 5.53 Å². The Morgan fingerprint density at radius 1 is 1.00 bits per heavy atom. The molecule has 0 bridgehead atoms. The van der Waals surface area contributed by atoms with Crippen molar-refractivity contribution in [3.8, 4) is 0 Å². The van der Waals surface area contributed by atoms with Crippen molar-refractivity contribution < 1.29 is 0 Å². The van der Waals surface area contributed by atoms with Crippen LogP contribution in [0.25, 0.3) is 37.3 Å². The molecule has 80 valence electrons. The highest BCUT2D eigenvalue weighted by molar-refractivity contribution is 5.77. The fraction of sp³-hybridized carbons (Fsp3) is 0. The van der Waals surface area contributed by atoms with Crippen molar-refractivity contribution in [1.82, 2.24) is 4.98 Å². The smallest absolute Gasteiger partial charge is 0.0701 e. The van der Waals surface area contributed by atoms with E-state index in [0.29, 0.717) is 0 Å². The Labute approximate surface area is 91.2 Å². The van der Waals surface area contributed by atoms with E-state index in [1.165, 1.54) is 10.3 Å². The summed E-state index contributed by atoms with van der Waals surface area (Å²) in [6.45, 7) is 0. The molecule has 0 atom stereocenters. The number of nitrogens with one attached hydrogen (secondary N) is 1. The summed E-state index contributed by atoms with van der Waals surface area (Å²) in [4.78, 5) is 7.43. The normalized spacial score (nSPS) is 7.25. The average molecular weight is 214 g/mol. The van der Waals surface area contributed by atoms with E-state index in [1.807, 2.05) is 30.5 Å². The maximum Gasteiger partial charge on any atom is 0.0701 e. The van der Waals surface area contributed by atoms with Gasteiger partial charge in [0.1, 0.15) is 0 Å². The zero-order chi connectivity index (χ0) is 12.2. The molecule has 2 rings (SSSR count). The lowest BCUT2D eigenvalue weighted by Crippen LogP contribution is -1.73. The van der Waals surface area contributed by atoms with Gasteiger partial charge in [-0.3, -0.25) is 9.90 Å². The van der Waals surface area contributed by atoms with Gasteiger partial charge in [-0.1, -0.05) is 24.3 Å². The highest BCUT2D eigenvalue weighted by Crippen LogP contribution is 2.07. The molecule has 0 radical (unpaired) electrons. The fourth-order valence-electron chi connectivity index (χ4n) is 1.02. The minimum Gasteiger partial charge on any atom is -0.373 e. The molecule has 0 unspecified atom stereocenters. The summed E-state index contributed by atoms with van der Waals surface area (Å²) >= 11 is 0. The molecule has 1 aromatic carbocycles. The first kappa shape index (κ1) is 13.2. The predicted octanol–water partition coefficient (Wildman–Crippen LogP) is 3.98. The number of para-hydroxylation sites is 1. The van der Waals surface area contributed by atoms with Gasteiger partial charge in [-0.15, -0.1) is 5.53 Å². The summed E-state index contributed by atoms with van der Waals surface area (Å²) in [5, 5.41) is 1.20. The van der Waals surface area contributed by atoms with Gasteiger partial charge in [0, 0.05) is 11.6 Å². The first-order valence-electron chi connectivity index (χ1n) is 4.09. The highest BCUT2D eigenvalue weighted by atomic mass is 15.0. The van der Waals surface area contributed by atoms with Gasteiger partial charge in [0.15, 0.2) is 0 Å². The third-order valence-corrected chi connectivity index (χ3v) is 1.51. The van der Waals surface area contributed by atoms with E-state index < -0.39 is 0 Å². The minimum atomic E-state index is 1.06. The number of rotatable bonds is 0. The van der Waals surface area contributed by atoms with Gasteiger partial charge in [-0.2, -0.15) is 0 Å². The van der Waals surface area contributed by atoms with Crippen molar-refractivity contribution in [2.45, 2.75) is 0 Å². The maximum atomic E-state index is 6.86. The Morgan fingerprint density at radius 2 is 1.50 bits per heavy atom. The summed E-state index contributed by atoms with van der Waals surface area (Å²) in [5.74, 6) is 0. The lowest BCUT2D eigenvalue weighted by Gasteiger charge is -1.91. The summed E-state index contributed by atoms with van der Waals surface area (Å²) in [6, 6.07) is 12.1. The molecular weight excluding hydrogens is 206 g/mol. The first-order valence-corrected chi connectivity index (χ1v) is 4.09. The van der Waals surface area contributed by atoms with Crippen molar-refractivity contribution in [1.29, 1.82) is 5.53 Å². The van der Waals surface area contributed by atoms with Crippen molar-refractivity contribution in [3.63, 3.8) is 0 Å². The van der Waals surface area contributed by atoms with Crippen LogP contribution in [-0.2, 0) is 0 Å². The van der Waals surface area contributed by atoms with E-state index in [0.717, 1.165) is 5.52 Å². The fourth-order valence-corrected chi connectivity index (χ4v) is 1.02. The molecule has 0 saturated carbocycles. The number of hydrogen-bond donors (Lipinski definition) is 1. The van der Waals surface area contributed by atoms with Crippen LogP contribution in [0.4, 0.5) is 0 Å². The van der Waals surface area contributed by atoms with Gasteiger partial charge < -0.3 is 11.1 Å². The van der Waals surface area contributed by atoms with E-state index in [4.69, 9.17) is 22.1 Å². The van der Waals surface area contributed by atoms with Crippen molar-refractivity contribution in [2.75, 3.05) is 0 Å². The Bertz CT molecular complexity index is 418. The Morgan fingerprint density at radius 3 is 2.06 bits per heavy atom. The average Bonchev–Trinajstić information content (AvgIpc) is 2.31. The number of fused-ring (bicyclic) bond motifs is 1. The van der Waals surface area contributed by atoms with Gasteiger partial charge in [-0.25, -0.2) is 0 Å². The van der Waals surface area contributed by atoms with Gasteiger partial charge in [0.25, 0.3) is 0 Å². The topological polar surface area (TPSA) is 132 Å². The van der Waals surface area contributed by atoms with E-state index in [9.17, 15) is 0 Å². The van der Waals surface area contributed by atoms with Crippen LogP contribution in [0.2, 0.25) is 0 Å². The van der Waals surface area contributed by atoms with Crippen LogP contribution in [0.5, 0.6) is 0 Å². The molecular formula is C9H8N7-. The quantitative estimate of drug-likeness (QED) is 0.396. The molecule has 7 heteroatoms. The molecule has 1 aromatic heterocycles. The number of hydrogen-bond acceptors (Lipinski definition) is 2. The molecule has 0 spiro atoms. The summed E-state index contributed by atoms with van der Waals surface area (Å²) in [7, 11) is 0. The molecule has 0 aliphatic carbocycles. The molecule has 0 aliphatic rings. The third kappa shape index (κ3) is 5.08. The minimum absolute atomic E-state index is 1.06. The lowest BCUT2D eigenvalue weighted by molar-refractivity contribution is 1.41. The molecule has 7 nitrogen and oxygen atoms in total. The number of pyridine rings is 1. The van der Waals surface area contributed by atoms with Crippen molar-refractivity contribution in [2.24, 2.45) is 0 Å². The van der Waals surface area contributed by atoms with E-state index in [-0.39, 0.29) is 0 Å². The lowest BCUT2D eigenvalue weighted by atomic mass is 10.2. The van der Waals surface area contributed by atoms with Crippen LogP contribution in [0.15, 0.2) is 42.6 Å². The standard InChI is InChI=1S/C9H7N.HN3.N3/c1-2-6-9-8(4-1)5-3-7-10-9;2*1-3-2/h1-7H;1H;/q;;-1. The van der Waals surface area contributed by atoms with Gasteiger partial charge in [0.05, 0.1) is 5.52 Å². The molecule has 16 heavy (non-hydrogen) atoms. The predicted molar refractivity (Wildman–Crippen MR) is 61.3 cm³/mol. The maximum absolute atomic E-state index is 6.86. The van der Waals surface area contributed by atoms with E-state index >= 15 is 0 Å². The first-order chi connectivity index (χ1) is 7.79. The second-order valence-electron chi connectivity index (χ2n) is 2.39. The Balaban J connectivity index is 0.000000321. The molecule has 1 heterocycles. The number of nitrogens with zero attached hydrogens (tertiary/aromatic N) is 6. The summed E-state index contributed by atoms with van der Waals surface area (Å²) in [6.07, 6.45) is 1.81. The zero-order valence-electron chi connectivity index (χ0n) is 8.22. The van der Waals surface area contributed by atoms with Crippen LogP contribution in [0.3, 0.4) is 0 Å². The van der Waals surface area contributed by atoms with Gasteiger partial charge in [-0.05, 0) is 22.6 Å². The highest BCUT2D eigenvalue weighted by Gasteiger charge is 1.86. The van der Waals surface area contributed by atoms with Crippen LogP contribution >= 0.6 is 0 Å². The second kappa shape index (κ2) is 8.83. The number of aromatic nitrogens is 1. The molecule has 0 fully saturated rings. The Kier molecular flexibility index (Phi) is 7.31. The molecule has 0 amide bonds. The molecule has 1 N–H and O–H groups in total. The number of benzene rings is 1. The molecule has 0 saturated heterocycles. The molecule has 0 aliphatic heterocycles. The van der Waals surface area contributed by atoms with Gasteiger partial charge in [0.2, 0.25) is 0 Å². The van der Waals surface area contributed by atoms with Gasteiger partial charge >= 0.3 is 0 Å². The molecule has 2 aromatic rings. The van der Waals surface area contributed by atoms with Crippen LogP contribution < -0.4 is 0 Å². The monoisotopic (exact) mass is 214 g/mol. The van der Waals surface area contributed by atoms with Crippen molar-refractivity contribution >= 4 is 10.9 Å². The van der Waals surface area contributed by atoms with E-state index in [1.54, 1.807) is 4.91 Å².